The summed E-state index contributed by atoms with van der Waals surface area (Å²) in [5.41, 5.74) is 7.60. The number of rotatable bonds is 4. The Balaban J connectivity index is 2.43. The van der Waals surface area contributed by atoms with Crippen LogP contribution in [-0.4, -0.2) is 7.11 Å². The fraction of sp³-hybridized carbons (Fsp3) is 0.250. The summed E-state index contributed by atoms with van der Waals surface area (Å²) in [4.78, 5) is 0. The van der Waals surface area contributed by atoms with Crippen molar-refractivity contribution in [2.45, 2.75) is 19.9 Å². The summed E-state index contributed by atoms with van der Waals surface area (Å²) in [5, 5.41) is 0. The fourth-order valence-electron chi connectivity index (χ4n) is 2.38. The maximum absolute atomic E-state index is 5.74. The number of methoxy groups -OCH3 is 1. The van der Waals surface area contributed by atoms with Gasteiger partial charge in [-0.25, -0.2) is 5.43 Å². The first-order valence-corrected chi connectivity index (χ1v) is 6.32. The molecule has 1 unspecified atom stereocenters. The third-order valence-electron chi connectivity index (χ3n) is 3.17. The lowest BCUT2D eigenvalue weighted by Gasteiger charge is -2.18. The Morgan fingerprint density at radius 2 is 1.68 bits per heavy atom. The zero-order valence-electron chi connectivity index (χ0n) is 11.6. The number of nitrogens with one attached hydrogen (secondary N) is 1. The average molecular weight is 256 g/mol. The van der Waals surface area contributed by atoms with Crippen molar-refractivity contribution in [2.75, 3.05) is 7.11 Å². The van der Waals surface area contributed by atoms with E-state index in [2.05, 4.69) is 37.5 Å². The monoisotopic (exact) mass is 256 g/mol. The highest BCUT2D eigenvalue weighted by atomic mass is 16.5. The SMILES string of the molecule is COc1cccc(C(NN)c2cc(C)cc(C)c2)c1. The first kappa shape index (κ1) is 13.6. The van der Waals surface area contributed by atoms with E-state index in [1.165, 1.54) is 11.1 Å². The Labute approximate surface area is 114 Å². The van der Waals surface area contributed by atoms with Gasteiger partial charge in [0.15, 0.2) is 0 Å². The topological polar surface area (TPSA) is 47.3 Å². The molecule has 0 heterocycles. The van der Waals surface area contributed by atoms with Gasteiger partial charge >= 0.3 is 0 Å². The van der Waals surface area contributed by atoms with Crippen LogP contribution in [-0.2, 0) is 0 Å². The molecule has 1 atom stereocenters. The Hall–Kier alpha value is -1.84. The molecule has 2 aromatic carbocycles. The molecule has 3 heteroatoms. The Morgan fingerprint density at radius 1 is 1.00 bits per heavy atom. The van der Waals surface area contributed by atoms with E-state index in [0.29, 0.717) is 0 Å². The smallest absolute Gasteiger partial charge is 0.119 e. The van der Waals surface area contributed by atoms with Crippen molar-refractivity contribution >= 4 is 0 Å². The number of hydrogen-bond donors (Lipinski definition) is 2. The lowest BCUT2D eigenvalue weighted by molar-refractivity contribution is 0.413. The van der Waals surface area contributed by atoms with Crippen molar-refractivity contribution in [2.24, 2.45) is 5.84 Å². The third kappa shape index (κ3) is 3.13. The predicted octanol–water partition coefficient (Wildman–Crippen LogP) is 2.86. The van der Waals surface area contributed by atoms with Crippen LogP contribution in [0.1, 0.15) is 28.3 Å². The lowest BCUT2D eigenvalue weighted by atomic mass is 9.96. The zero-order valence-corrected chi connectivity index (χ0v) is 11.6. The van der Waals surface area contributed by atoms with Crippen molar-refractivity contribution in [3.8, 4) is 5.75 Å². The molecule has 2 rings (SSSR count). The van der Waals surface area contributed by atoms with Gasteiger partial charge in [0.05, 0.1) is 13.2 Å². The van der Waals surface area contributed by atoms with Gasteiger partial charge in [-0.15, -0.1) is 0 Å². The summed E-state index contributed by atoms with van der Waals surface area (Å²) in [6, 6.07) is 14.4. The van der Waals surface area contributed by atoms with Crippen LogP contribution >= 0.6 is 0 Å². The van der Waals surface area contributed by atoms with E-state index in [1.54, 1.807) is 7.11 Å². The third-order valence-corrected chi connectivity index (χ3v) is 3.17. The summed E-state index contributed by atoms with van der Waals surface area (Å²) in [6.45, 7) is 4.19. The first-order valence-electron chi connectivity index (χ1n) is 6.32. The molecular formula is C16H20N2O. The Morgan fingerprint density at radius 3 is 2.26 bits per heavy atom. The molecule has 19 heavy (non-hydrogen) atoms. The molecule has 3 nitrogen and oxygen atoms in total. The van der Waals surface area contributed by atoms with E-state index in [1.807, 2.05) is 24.3 Å². The molecule has 0 amide bonds. The van der Waals surface area contributed by atoms with E-state index < -0.39 is 0 Å². The number of hydrazine groups is 1. The summed E-state index contributed by atoms with van der Waals surface area (Å²) in [7, 11) is 1.67. The van der Waals surface area contributed by atoms with Crippen molar-refractivity contribution in [1.82, 2.24) is 5.43 Å². The van der Waals surface area contributed by atoms with Gasteiger partial charge in [-0.05, 0) is 37.1 Å². The van der Waals surface area contributed by atoms with E-state index in [4.69, 9.17) is 10.6 Å². The van der Waals surface area contributed by atoms with Crippen LogP contribution in [0.5, 0.6) is 5.75 Å². The van der Waals surface area contributed by atoms with Gasteiger partial charge in [0.1, 0.15) is 5.75 Å². The molecule has 0 aliphatic heterocycles. The van der Waals surface area contributed by atoms with Crippen LogP contribution in [0.15, 0.2) is 42.5 Å². The molecule has 0 aliphatic carbocycles. The van der Waals surface area contributed by atoms with Gasteiger partial charge in [-0.3, -0.25) is 5.84 Å². The number of benzene rings is 2. The Kier molecular flexibility index (Phi) is 4.20. The van der Waals surface area contributed by atoms with Crippen LogP contribution < -0.4 is 16.0 Å². The maximum atomic E-state index is 5.74. The second kappa shape index (κ2) is 5.87. The van der Waals surface area contributed by atoms with Crippen molar-refractivity contribution in [3.05, 3.63) is 64.7 Å². The number of ether oxygens (including phenoxy) is 1. The molecular weight excluding hydrogens is 236 g/mol. The van der Waals surface area contributed by atoms with E-state index in [9.17, 15) is 0 Å². The largest absolute Gasteiger partial charge is 0.497 e. The van der Waals surface area contributed by atoms with Crippen LogP contribution in [0.2, 0.25) is 0 Å². The molecule has 0 saturated carbocycles. The molecule has 0 aliphatic rings. The summed E-state index contributed by atoms with van der Waals surface area (Å²) >= 11 is 0. The van der Waals surface area contributed by atoms with Crippen LogP contribution in [0.25, 0.3) is 0 Å². The van der Waals surface area contributed by atoms with Gasteiger partial charge in [-0.2, -0.15) is 0 Å². The predicted molar refractivity (Wildman–Crippen MR) is 78.1 cm³/mol. The molecule has 0 radical (unpaired) electrons. The second-order valence-electron chi connectivity index (χ2n) is 4.80. The van der Waals surface area contributed by atoms with Crippen molar-refractivity contribution in [3.63, 3.8) is 0 Å². The standard InChI is InChI=1S/C16H20N2O/c1-11-7-12(2)9-14(8-11)16(18-17)13-5-4-6-15(10-13)19-3/h4-10,16,18H,17H2,1-3H3. The van der Waals surface area contributed by atoms with E-state index in [-0.39, 0.29) is 6.04 Å². The normalized spacial score (nSPS) is 12.2. The molecule has 0 aromatic heterocycles. The van der Waals surface area contributed by atoms with Gasteiger partial charge in [0.25, 0.3) is 0 Å². The second-order valence-corrected chi connectivity index (χ2v) is 4.80. The van der Waals surface area contributed by atoms with Gasteiger partial charge < -0.3 is 4.74 Å². The van der Waals surface area contributed by atoms with Crippen molar-refractivity contribution in [1.29, 1.82) is 0 Å². The van der Waals surface area contributed by atoms with Crippen LogP contribution in [0, 0.1) is 13.8 Å². The minimum Gasteiger partial charge on any atom is -0.497 e. The molecule has 0 spiro atoms. The molecule has 0 saturated heterocycles. The molecule has 0 fully saturated rings. The quantitative estimate of drug-likeness (QED) is 0.653. The first-order chi connectivity index (χ1) is 9.13. The fourth-order valence-corrected chi connectivity index (χ4v) is 2.38. The molecule has 100 valence electrons. The molecule has 2 aromatic rings. The Bertz CT molecular complexity index is 546. The van der Waals surface area contributed by atoms with Gasteiger partial charge in [0, 0.05) is 0 Å². The number of aryl methyl sites for hydroxylation is 2. The highest BCUT2D eigenvalue weighted by molar-refractivity contribution is 5.39. The highest BCUT2D eigenvalue weighted by Crippen LogP contribution is 2.26. The molecule has 0 bridgehead atoms. The van der Waals surface area contributed by atoms with Crippen molar-refractivity contribution < 1.29 is 4.74 Å². The van der Waals surface area contributed by atoms with Gasteiger partial charge in [-0.1, -0.05) is 41.5 Å². The number of hydrogen-bond acceptors (Lipinski definition) is 3. The van der Waals surface area contributed by atoms with Crippen LogP contribution in [0.3, 0.4) is 0 Å². The average Bonchev–Trinajstić information content (AvgIpc) is 2.39. The molecule has 3 N–H and O–H groups in total. The highest BCUT2D eigenvalue weighted by Gasteiger charge is 2.13. The summed E-state index contributed by atoms with van der Waals surface area (Å²) < 4.78 is 5.26. The summed E-state index contributed by atoms with van der Waals surface area (Å²) in [6.07, 6.45) is 0. The maximum Gasteiger partial charge on any atom is 0.119 e. The van der Waals surface area contributed by atoms with Gasteiger partial charge in [0.2, 0.25) is 0 Å². The lowest BCUT2D eigenvalue weighted by Crippen LogP contribution is -2.29. The minimum absolute atomic E-state index is 0.0336. The summed E-state index contributed by atoms with van der Waals surface area (Å²) in [5.74, 6) is 6.57. The zero-order chi connectivity index (χ0) is 13.8. The van der Waals surface area contributed by atoms with E-state index >= 15 is 0 Å². The van der Waals surface area contributed by atoms with E-state index in [0.717, 1.165) is 16.9 Å². The van der Waals surface area contributed by atoms with Crippen LogP contribution in [0.4, 0.5) is 0 Å². The minimum atomic E-state index is -0.0336. The number of nitrogens with two attached hydrogens (primary N) is 1.